The summed E-state index contributed by atoms with van der Waals surface area (Å²) in [5, 5.41) is 11.1. The van der Waals surface area contributed by atoms with E-state index in [4.69, 9.17) is 0 Å². The van der Waals surface area contributed by atoms with Crippen molar-refractivity contribution in [2.45, 2.75) is 71.3 Å². The van der Waals surface area contributed by atoms with E-state index in [1.54, 1.807) is 11.1 Å². The minimum Gasteiger partial charge on any atom is -0.392 e. The molecule has 130 valence electrons. The zero-order valence-electron chi connectivity index (χ0n) is 15.5. The Labute approximate surface area is 146 Å². The summed E-state index contributed by atoms with van der Waals surface area (Å²) >= 11 is 0. The van der Waals surface area contributed by atoms with Crippen molar-refractivity contribution in [3.05, 3.63) is 35.4 Å². The predicted molar refractivity (Wildman–Crippen MR) is 97.8 cm³/mol. The van der Waals surface area contributed by atoms with Gasteiger partial charge in [-0.2, -0.15) is 0 Å². The lowest BCUT2D eigenvalue weighted by Gasteiger charge is -2.58. The molecule has 0 saturated heterocycles. The Morgan fingerprint density at radius 1 is 1.04 bits per heavy atom. The van der Waals surface area contributed by atoms with Crippen LogP contribution in [0, 0.1) is 34.5 Å². The quantitative estimate of drug-likeness (QED) is 0.697. The molecule has 5 aliphatic rings. The fraction of sp³-hybridized carbons (Fsp3) is 0.739. The third-order valence-corrected chi connectivity index (χ3v) is 9.10. The van der Waals surface area contributed by atoms with Gasteiger partial charge < -0.3 is 5.11 Å². The summed E-state index contributed by atoms with van der Waals surface area (Å²) in [5.74, 6) is 4.07. The van der Waals surface area contributed by atoms with Crippen LogP contribution in [0.25, 0.3) is 0 Å². The van der Waals surface area contributed by atoms with Gasteiger partial charge in [-0.3, -0.25) is 0 Å². The average molecular weight is 325 g/mol. The Kier molecular flexibility index (Phi) is 3.14. The zero-order valence-corrected chi connectivity index (χ0v) is 15.5. The van der Waals surface area contributed by atoms with Gasteiger partial charge in [-0.25, -0.2) is 0 Å². The first-order valence-electron chi connectivity index (χ1n) is 10.4. The molecule has 0 amide bonds. The molecule has 6 unspecified atom stereocenters. The zero-order chi connectivity index (χ0) is 16.7. The molecule has 6 rings (SSSR count). The summed E-state index contributed by atoms with van der Waals surface area (Å²) in [6.45, 7) is 6.46. The number of rotatable bonds is 0. The lowest BCUT2D eigenvalue weighted by atomic mass is 9.46. The van der Waals surface area contributed by atoms with Crippen molar-refractivity contribution in [2.24, 2.45) is 34.5 Å². The van der Waals surface area contributed by atoms with Crippen molar-refractivity contribution in [1.82, 2.24) is 0 Å². The molecular formula is C23H32O. The van der Waals surface area contributed by atoms with Crippen molar-refractivity contribution in [2.75, 3.05) is 0 Å². The topological polar surface area (TPSA) is 20.2 Å². The maximum atomic E-state index is 11.1. The summed E-state index contributed by atoms with van der Waals surface area (Å²) in [6, 6.07) is 9.23. The molecule has 1 nitrogen and oxygen atoms in total. The summed E-state index contributed by atoms with van der Waals surface area (Å²) in [4.78, 5) is 0. The van der Waals surface area contributed by atoms with Gasteiger partial charge in [-0.05, 0) is 90.1 Å². The fourth-order valence-electron chi connectivity index (χ4n) is 8.38. The molecule has 1 N–H and O–H groups in total. The van der Waals surface area contributed by atoms with E-state index in [0.717, 1.165) is 23.7 Å². The van der Waals surface area contributed by atoms with E-state index in [-0.39, 0.29) is 11.5 Å². The molecule has 5 aliphatic carbocycles. The highest BCUT2D eigenvalue weighted by Crippen LogP contribution is 2.85. The van der Waals surface area contributed by atoms with Gasteiger partial charge in [0.05, 0.1) is 6.10 Å². The number of aliphatic hydroxyl groups is 1. The normalized spacial score (nSPS) is 52.3. The highest BCUT2D eigenvalue weighted by molar-refractivity contribution is 5.39. The Hall–Kier alpha value is -0.820. The molecule has 0 bridgehead atoms. The van der Waals surface area contributed by atoms with Crippen LogP contribution in [0.1, 0.15) is 69.9 Å². The SMILES string of the molecule is CC.C[C@]12CCC3c4ccccc4CCC3C13CC[C@@H]1C(C13)C2O. The van der Waals surface area contributed by atoms with E-state index in [1.165, 1.54) is 38.5 Å². The van der Waals surface area contributed by atoms with E-state index in [2.05, 4.69) is 31.2 Å². The van der Waals surface area contributed by atoms with Gasteiger partial charge in [-0.15, -0.1) is 0 Å². The van der Waals surface area contributed by atoms with Crippen molar-refractivity contribution in [3.8, 4) is 0 Å². The van der Waals surface area contributed by atoms with E-state index in [1.807, 2.05) is 13.8 Å². The standard InChI is InChI=1S/C21H26O.C2H6/c1-20-10-8-14-13-5-3-2-4-12(13)6-7-16(14)21(20)11-9-15-17(18(15)21)19(20)22;1-2/h2-5,14-19,22H,6-11H2,1H3;1-2H3/t14?,15-,16?,17?,18?,19?,20-,21?;/m1./s1. The third-order valence-electron chi connectivity index (χ3n) is 9.10. The Morgan fingerprint density at radius 2 is 1.83 bits per heavy atom. The van der Waals surface area contributed by atoms with E-state index in [9.17, 15) is 5.11 Å². The molecule has 1 heteroatoms. The number of hydrogen-bond acceptors (Lipinski definition) is 1. The van der Waals surface area contributed by atoms with Gasteiger partial charge >= 0.3 is 0 Å². The highest BCUT2D eigenvalue weighted by Gasteiger charge is 2.83. The number of fused-ring (bicyclic) bond motifs is 4. The lowest BCUT2D eigenvalue weighted by Crippen LogP contribution is -2.53. The monoisotopic (exact) mass is 324 g/mol. The van der Waals surface area contributed by atoms with Crippen LogP contribution in [0.15, 0.2) is 24.3 Å². The lowest BCUT2D eigenvalue weighted by molar-refractivity contribution is -0.111. The molecule has 0 radical (unpaired) electrons. The van der Waals surface area contributed by atoms with Crippen LogP contribution in [-0.4, -0.2) is 11.2 Å². The second-order valence-electron chi connectivity index (χ2n) is 9.20. The predicted octanol–water partition coefficient (Wildman–Crippen LogP) is 5.18. The summed E-state index contributed by atoms with van der Waals surface area (Å²) in [7, 11) is 0. The highest BCUT2D eigenvalue weighted by atomic mass is 16.3. The molecule has 4 fully saturated rings. The number of hydrogen-bond donors (Lipinski definition) is 1. The minimum absolute atomic E-state index is 0.00289. The molecule has 1 spiro atoms. The smallest absolute Gasteiger partial charge is 0.0633 e. The van der Waals surface area contributed by atoms with Gasteiger partial charge in [0, 0.05) is 0 Å². The minimum atomic E-state index is 0.00289. The van der Waals surface area contributed by atoms with Crippen LogP contribution < -0.4 is 0 Å². The van der Waals surface area contributed by atoms with Crippen LogP contribution >= 0.6 is 0 Å². The van der Waals surface area contributed by atoms with Crippen molar-refractivity contribution in [1.29, 1.82) is 0 Å². The van der Waals surface area contributed by atoms with Crippen molar-refractivity contribution in [3.63, 3.8) is 0 Å². The molecular weight excluding hydrogens is 292 g/mol. The third kappa shape index (κ3) is 1.49. The summed E-state index contributed by atoms with van der Waals surface area (Å²) in [6.07, 6.45) is 8.03. The Morgan fingerprint density at radius 3 is 2.67 bits per heavy atom. The second-order valence-corrected chi connectivity index (χ2v) is 9.20. The largest absolute Gasteiger partial charge is 0.392 e. The molecule has 4 saturated carbocycles. The van der Waals surface area contributed by atoms with Gasteiger partial charge in [-0.1, -0.05) is 45.0 Å². The Bertz CT molecular complexity index is 666. The molecule has 24 heavy (non-hydrogen) atoms. The number of aliphatic hydroxyl groups excluding tert-OH is 1. The van der Waals surface area contributed by atoms with E-state index in [0.29, 0.717) is 11.3 Å². The van der Waals surface area contributed by atoms with Crippen molar-refractivity contribution < 1.29 is 5.11 Å². The molecule has 8 atom stereocenters. The van der Waals surface area contributed by atoms with Crippen LogP contribution in [0.5, 0.6) is 0 Å². The summed E-state index contributed by atoms with van der Waals surface area (Å²) < 4.78 is 0. The van der Waals surface area contributed by atoms with Gasteiger partial charge in [0.25, 0.3) is 0 Å². The molecule has 0 heterocycles. The maximum Gasteiger partial charge on any atom is 0.0633 e. The van der Waals surface area contributed by atoms with Crippen LogP contribution in [-0.2, 0) is 6.42 Å². The molecule has 1 aromatic rings. The average Bonchev–Trinajstić information content (AvgIpc) is 3.19. The summed E-state index contributed by atoms with van der Waals surface area (Å²) in [5.41, 5.74) is 3.99. The van der Waals surface area contributed by atoms with Gasteiger partial charge in [0.1, 0.15) is 0 Å². The van der Waals surface area contributed by atoms with Crippen LogP contribution in [0.2, 0.25) is 0 Å². The molecule has 1 aromatic carbocycles. The van der Waals surface area contributed by atoms with E-state index < -0.39 is 0 Å². The van der Waals surface area contributed by atoms with Crippen LogP contribution in [0.3, 0.4) is 0 Å². The van der Waals surface area contributed by atoms with E-state index >= 15 is 0 Å². The second kappa shape index (κ2) is 4.87. The number of aryl methyl sites for hydroxylation is 1. The fourth-order valence-corrected chi connectivity index (χ4v) is 8.38. The molecule has 0 aliphatic heterocycles. The van der Waals surface area contributed by atoms with Gasteiger partial charge in [0.15, 0.2) is 0 Å². The first-order valence-corrected chi connectivity index (χ1v) is 10.4. The van der Waals surface area contributed by atoms with Crippen molar-refractivity contribution >= 4 is 0 Å². The Balaban J connectivity index is 0.000000632. The molecule has 0 aromatic heterocycles. The first kappa shape index (κ1) is 15.4. The first-order chi connectivity index (χ1) is 11.7. The number of benzene rings is 1. The van der Waals surface area contributed by atoms with Gasteiger partial charge in [0.2, 0.25) is 0 Å². The maximum absolute atomic E-state index is 11.1. The van der Waals surface area contributed by atoms with Crippen LogP contribution in [0.4, 0.5) is 0 Å².